The predicted molar refractivity (Wildman–Crippen MR) is 101 cm³/mol. The van der Waals surface area contributed by atoms with Crippen LogP contribution in [-0.4, -0.2) is 29.0 Å². The molecule has 0 fully saturated rings. The third-order valence-corrected chi connectivity index (χ3v) is 3.75. The molecule has 6 heteroatoms. The summed E-state index contributed by atoms with van der Waals surface area (Å²) < 4.78 is 5.13. The number of amides is 1. The van der Waals surface area contributed by atoms with Crippen LogP contribution in [-0.2, 0) is 9.53 Å². The smallest absolute Gasteiger partial charge is 0.339 e. The molecule has 1 aromatic carbocycles. The molecule has 0 saturated heterocycles. The molecule has 0 aliphatic heterocycles. The molecule has 6 nitrogen and oxygen atoms in total. The minimum atomic E-state index is -0.698. The number of fused-ring (bicyclic) bond motifs is 1. The molecule has 1 amide bonds. The van der Waals surface area contributed by atoms with Crippen LogP contribution >= 0.6 is 0 Å². The minimum absolute atomic E-state index is 0.0530. The van der Waals surface area contributed by atoms with E-state index in [1.54, 1.807) is 24.3 Å². The van der Waals surface area contributed by atoms with Gasteiger partial charge < -0.3 is 15.0 Å². The van der Waals surface area contributed by atoms with Gasteiger partial charge in [0.05, 0.1) is 5.56 Å². The van der Waals surface area contributed by atoms with Crippen molar-refractivity contribution in [3.05, 3.63) is 46.2 Å². The Bertz CT molecular complexity index is 875. The molecule has 2 aromatic rings. The van der Waals surface area contributed by atoms with Crippen LogP contribution in [0.4, 0.5) is 0 Å². The number of aromatic amines is 1. The topological polar surface area (TPSA) is 88.3 Å². The summed E-state index contributed by atoms with van der Waals surface area (Å²) in [6.45, 7) is 9.76. The van der Waals surface area contributed by atoms with Crippen LogP contribution in [0.5, 0.6) is 0 Å². The molecule has 2 rings (SSSR count). The normalized spacial score (nSPS) is 12.0. The number of para-hydroxylation sites is 1. The largest absolute Gasteiger partial charge is 0.452 e. The lowest BCUT2D eigenvalue weighted by molar-refractivity contribution is -0.126. The van der Waals surface area contributed by atoms with Gasteiger partial charge in [-0.25, -0.2) is 4.79 Å². The Morgan fingerprint density at radius 2 is 1.77 bits per heavy atom. The van der Waals surface area contributed by atoms with Crippen LogP contribution in [0.15, 0.2) is 35.1 Å². The van der Waals surface area contributed by atoms with Gasteiger partial charge in [0.2, 0.25) is 5.56 Å². The molecular formula is C20H26N2O4. The van der Waals surface area contributed by atoms with Crippen molar-refractivity contribution in [3.63, 3.8) is 0 Å². The summed E-state index contributed by atoms with van der Waals surface area (Å²) in [6.07, 6.45) is 0.776. The Kier molecular flexibility index (Phi) is 5.54. The lowest BCUT2D eigenvalue weighted by Crippen LogP contribution is -2.47. The van der Waals surface area contributed by atoms with Crippen molar-refractivity contribution in [3.8, 4) is 0 Å². The molecule has 0 unspecified atom stereocenters. The second-order valence-corrected chi connectivity index (χ2v) is 8.34. The summed E-state index contributed by atoms with van der Waals surface area (Å²) in [7, 11) is 0. The van der Waals surface area contributed by atoms with Crippen molar-refractivity contribution < 1.29 is 14.3 Å². The van der Waals surface area contributed by atoms with Gasteiger partial charge in [0.15, 0.2) is 6.61 Å². The quantitative estimate of drug-likeness (QED) is 0.804. The molecular weight excluding hydrogens is 332 g/mol. The average Bonchev–Trinajstić information content (AvgIpc) is 2.48. The Morgan fingerprint density at radius 3 is 2.42 bits per heavy atom. The number of nitrogens with one attached hydrogen (secondary N) is 2. The molecule has 0 bridgehead atoms. The highest BCUT2D eigenvalue weighted by atomic mass is 16.5. The lowest BCUT2D eigenvalue weighted by atomic mass is 9.82. The Morgan fingerprint density at radius 1 is 1.12 bits per heavy atom. The van der Waals surface area contributed by atoms with Gasteiger partial charge in [-0.05, 0) is 31.7 Å². The first kappa shape index (κ1) is 19.7. The SMILES string of the molecule is CC(C)(C)CC(C)(C)NC(=O)COC(=O)c1cc(=O)[nH]c2ccccc12. The Labute approximate surface area is 152 Å². The standard InChI is InChI=1S/C20H26N2O4/c1-19(2,3)12-20(4,5)22-17(24)11-26-18(25)14-10-16(23)21-15-9-7-6-8-13(14)15/h6-10H,11-12H2,1-5H3,(H,21,23)(H,22,24). The van der Waals surface area contributed by atoms with E-state index in [0.717, 1.165) is 6.42 Å². The van der Waals surface area contributed by atoms with E-state index in [4.69, 9.17) is 4.74 Å². The van der Waals surface area contributed by atoms with Gasteiger partial charge >= 0.3 is 5.97 Å². The maximum absolute atomic E-state index is 12.4. The highest BCUT2D eigenvalue weighted by Gasteiger charge is 2.27. The van der Waals surface area contributed by atoms with Crippen molar-refractivity contribution in [2.24, 2.45) is 5.41 Å². The van der Waals surface area contributed by atoms with E-state index >= 15 is 0 Å². The van der Waals surface area contributed by atoms with Gasteiger partial charge in [-0.15, -0.1) is 0 Å². The van der Waals surface area contributed by atoms with Crippen molar-refractivity contribution in [1.82, 2.24) is 10.3 Å². The number of benzene rings is 1. The number of ether oxygens (including phenoxy) is 1. The van der Waals surface area contributed by atoms with Crippen LogP contribution in [0, 0.1) is 5.41 Å². The van der Waals surface area contributed by atoms with E-state index in [1.807, 2.05) is 13.8 Å². The maximum atomic E-state index is 12.4. The summed E-state index contributed by atoms with van der Waals surface area (Å²) in [4.78, 5) is 38.9. The molecule has 26 heavy (non-hydrogen) atoms. The fraction of sp³-hybridized carbons (Fsp3) is 0.450. The first-order valence-corrected chi connectivity index (χ1v) is 8.57. The second kappa shape index (κ2) is 7.32. The van der Waals surface area contributed by atoms with Gasteiger partial charge in [-0.2, -0.15) is 0 Å². The summed E-state index contributed by atoms with van der Waals surface area (Å²) in [5.74, 6) is -1.07. The van der Waals surface area contributed by atoms with Gasteiger partial charge in [0, 0.05) is 22.5 Å². The number of pyridine rings is 1. The number of carbonyl (C=O) groups excluding carboxylic acids is 2. The zero-order valence-electron chi connectivity index (χ0n) is 15.9. The first-order valence-electron chi connectivity index (χ1n) is 8.57. The highest BCUT2D eigenvalue weighted by molar-refractivity contribution is 6.03. The van der Waals surface area contributed by atoms with Crippen LogP contribution < -0.4 is 10.9 Å². The monoisotopic (exact) mass is 358 g/mol. The summed E-state index contributed by atoms with van der Waals surface area (Å²) in [5, 5.41) is 3.46. The van der Waals surface area contributed by atoms with Crippen LogP contribution in [0.25, 0.3) is 10.9 Å². The predicted octanol–water partition coefficient (Wildman–Crippen LogP) is 3.02. The highest BCUT2D eigenvalue weighted by Crippen LogP contribution is 2.26. The van der Waals surface area contributed by atoms with Gasteiger partial charge in [0.1, 0.15) is 0 Å². The molecule has 2 N–H and O–H groups in total. The Hall–Kier alpha value is -2.63. The fourth-order valence-corrected chi connectivity index (χ4v) is 3.37. The number of esters is 1. The summed E-state index contributed by atoms with van der Waals surface area (Å²) >= 11 is 0. The van der Waals surface area contributed by atoms with Crippen molar-refractivity contribution in [2.75, 3.05) is 6.61 Å². The summed E-state index contributed by atoms with van der Waals surface area (Å²) in [6, 6.07) is 8.13. The van der Waals surface area contributed by atoms with Crippen molar-refractivity contribution in [1.29, 1.82) is 0 Å². The molecule has 0 saturated carbocycles. The average molecular weight is 358 g/mol. The van der Waals surface area contributed by atoms with Gasteiger partial charge in [-0.1, -0.05) is 39.0 Å². The maximum Gasteiger partial charge on any atom is 0.339 e. The molecule has 0 spiro atoms. The second-order valence-electron chi connectivity index (χ2n) is 8.34. The van der Waals surface area contributed by atoms with E-state index in [1.165, 1.54) is 6.07 Å². The van der Waals surface area contributed by atoms with E-state index in [9.17, 15) is 14.4 Å². The van der Waals surface area contributed by atoms with E-state index in [2.05, 4.69) is 31.1 Å². The molecule has 0 aliphatic carbocycles. The lowest BCUT2D eigenvalue weighted by Gasteiger charge is -2.33. The fourth-order valence-electron chi connectivity index (χ4n) is 3.37. The van der Waals surface area contributed by atoms with E-state index in [-0.39, 0.29) is 16.9 Å². The number of hydrogen-bond donors (Lipinski definition) is 2. The number of H-pyrrole nitrogens is 1. The van der Waals surface area contributed by atoms with Gasteiger partial charge in [0.25, 0.3) is 5.91 Å². The van der Waals surface area contributed by atoms with Crippen molar-refractivity contribution in [2.45, 2.75) is 46.6 Å². The third-order valence-electron chi connectivity index (χ3n) is 3.75. The van der Waals surface area contributed by atoms with Crippen LogP contribution in [0.3, 0.4) is 0 Å². The molecule has 0 aliphatic rings. The molecule has 0 radical (unpaired) electrons. The number of aromatic nitrogens is 1. The molecule has 0 atom stereocenters. The summed E-state index contributed by atoms with van der Waals surface area (Å²) in [5.41, 5.74) is -0.0734. The zero-order chi connectivity index (χ0) is 19.5. The van der Waals surface area contributed by atoms with Crippen LogP contribution in [0.1, 0.15) is 51.4 Å². The zero-order valence-corrected chi connectivity index (χ0v) is 15.9. The van der Waals surface area contributed by atoms with Gasteiger partial charge in [-0.3, -0.25) is 9.59 Å². The Balaban J connectivity index is 2.05. The molecule has 140 valence electrons. The molecule has 1 heterocycles. The van der Waals surface area contributed by atoms with Crippen LogP contribution in [0.2, 0.25) is 0 Å². The van der Waals surface area contributed by atoms with E-state index in [0.29, 0.717) is 10.9 Å². The third kappa shape index (κ3) is 5.44. The number of carbonyl (C=O) groups is 2. The minimum Gasteiger partial charge on any atom is -0.452 e. The van der Waals surface area contributed by atoms with Crippen molar-refractivity contribution >= 4 is 22.8 Å². The van der Waals surface area contributed by atoms with E-state index < -0.39 is 23.7 Å². The first-order chi connectivity index (χ1) is 12.0. The number of rotatable bonds is 5. The molecule has 1 aromatic heterocycles. The number of hydrogen-bond acceptors (Lipinski definition) is 4.